The van der Waals surface area contributed by atoms with E-state index in [1.807, 2.05) is 25.1 Å². The molecule has 34 heavy (non-hydrogen) atoms. The molecule has 0 unspecified atom stereocenters. The lowest BCUT2D eigenvalue weighted by atomic mass is 9.78. The third kappa shape index (κ3) is 5.92. The van der Waals surface area contributed by atoms with Gasteiger partial charge in [-0.3, -0.25) is 0 Å². The number of aliphatic hydroxyl groups excluding tert-OH is 1. The summed E-state index contributed by atoms with van der Waals surface area (Å²) in [6, 6.07) is 8.77. The van der Waals surface area contributed by atoms with Crippen LogP contribution in [0.25, 0.3) is 6.08 Å². The van der Waals surface area contributed by atoms with E-state index >= 15 is 0 Å². The molecule has 0 amide bonds. The topological polar surface area (TPSA) is 29.5 Å². The highest BCUT2D eigenvalue weighted by Gasteiger charge is 2.26. The van der Waals surface area contributed by atoms with Gasteiger partial charge in [0.05, 0.1) is 12.7 Å². The van der Waals surface area contributed by atoms with Crippen LogP contribution < -0.4 is 0 Å². The van der Waals surface area contributed by atoms with E-state index in [9.17, 15) is 18.3 Å². The molecular formula is C29H35F3O2. The van der Waals surface area contributed by atoms with E-state index in [-0.39, 0.29) is 35.2 Å². The Hall–Kier alpha value is -2.11. The summed E-state index contributed by atoms with van der Waals surface area (Å²) in [5.41, 5.74) is 2.31. The largest absolute Gasteiger partial charge is 0.393 e. The van der Waals surface area contributed by atoms with Crippen LogP contribution >= 0.6 is 0 Å². The molecule has 2 aromatic rings. The minimum absolute atomic E-state index is 0.0279. The maximum absolute atomic E-state index is 14.8. The Morgan fingerprint density at radius 3 is 2.18 bits per heavy atom. The van der Waals surface area contributed by atoms with E-state index in [0.29, 0.717) is 44.5 Å². The van der Waals surface area contributed by atoms with Crippen molar-refractivity contribution in [3.63, 3.8) is 0 Å². The van der Waals surface area contributed by atoms with E-state index in [0.717, 1.165) is 36.8 Å². The molecule has 2 aliphatic rings. The maximum atomic E-state index is 14.8. The van der Waals surface area contributed by atoms with Crippen molar-refractivity contribution < 1.29 is 23.0 Å². The number of aliphatic hydroxyl groups is 1. The molecule has 0 saturated heterocycles. The number of allylic oxidation sites excluding steroid dienone is 1. The minimum atomic E-state index is -0.789. The predicted octanol–water partition coefficient (Wildman–Crippen LogP) is 7.65. The van der Waals surface area contributed by atoms with Gasteiger partial charge < -0.3 is 9.84 Å². The first-order valence-corrected chi connectivity index (χ1v) is 12.7. The van der Waals surface area contributed by atoms with Crippen LogP contribution in [0.15, 0.2) is 36.4 Å². The highest BCUT2D eigenvalue weighted by atomic mass is 19.2. The molecule has 2 fully saturated rings. The van der Waals surface area contributed by atoms with E-state index in [4.69, 9.17) is 4.74 Å². The van der Waals surface area contributed by atoms with Crippen LogP contribution in [0, 0.1) is 23.4 Å². The van der Waals surface area contributed by atoms with E-state index in [1.165, 1.54) is 0 Å². The first-order valence-electron chi connectivity index (χ1n) is 12.7. The molecule has 0 heterocycles. The molecule has 0 atom stereocenters. The Morgan fingerprint density at radius 1 is 0.853 bits per heavy atom. The van der Waals surface area contributed by atoms with Gasteiger partial charge >= 0.3 is 0 Å². The highest BCUT2D eigenvalue weighted by Crippen LogP contribution is 2.39. The molecule has 1 N–H and O–H groups in total. The SMILES string of the molecule is CCOCc1ccc(C2CCC(/C=C/c3ccc(C4CCC(O)CC4)c(F)c3F)CC2)c(F)c1. The molecular weight excluding hydrogens is 437 g/mol. The first kappa shape index (κ1) is 25.0. The molecule has 0 aliphatic heterocycles. The van der Waals surface area contributed by atoms with Crippen LogP contribution in [0.2, 0.25) is 0 Å². The molecule has 2 nitrogen and oxygen atoms in total. The van der Waals surface area contributed by atoms with Crippen molar-refractivity contribution >= 4 is 6.08 Å². The van der Waals surface area contributed by atoms with Crippen LogP contribution in [-0.2, 0) is 11.3 Å². The third-order valence-corrected chi connectivity index (χ3v) is 7.58. The van der Waals surface area contributed by atoms with Gasteiger partial charge in [0.2, 0.25) is 0 Å². The molecule has 0 bridgehead atoms. The van der Waals surface area contributed by atoms with Crippen molar-refractivity contribution in [1.82, 2.24) is 0 Å². The summed E-state index contributed by atoms with van der Waals surface area (Å²) in [5.74, 6) is -1.27. The zero-order valence-electron chi connectivity index (χ0n) is 19.9. The summed E-state index contributed by atoms with van der Waals surface area (Å²) in [7, 11) is 0. The molecule has 5 heteroatoms. The number of hydrogen-bond donors (Lipinski definition) is 1. The second-order valence-corrected chi connectivity index (χ2v) is 9.84. The number of ether oxygens (including phenoxy) is 1. The summed E-state index contributed by atoms with van der Waals surface area (Å²) in [6.07, 6.45) is 9.54. The fourth-order valence-corrected chi connectivity index (χ4v) is 5.48. The fourth-order valence-electron chi connectivity index (χ4n) is 5.48. The van der Waals surface area contributed by atoms with E-state index < -0.39 is 11.6 Å². The zero-order chi connectivity index (χ0) is 24.1. The smallest absolute Gasteiger partial charge is 0.166 e. The number of hydrogen-bond acceptors (Lipinski definition) is 2. The lowest BCUT2D eigenvalue weighted by Crippen LogP contribution is -2.18. The molecule has 2 aliphatic carbocycles. The van der Waals surface area contributed by atoms with Crippen LogP contribution in [0.4, 0.5) is 13.2 Å². The molecule has 184 valence electrons. The number of halogens is 3. The van der Waals surface area contributed by atoms with Crippen molar-refractivity contribution in [2.75, 3.05) is 6.61 Å². The average Bonchev–Trinajstić information content (AvgIpc) is 2.85. The monoisotopic (exact) mass is 472 g/mol. The van der Waals surface area contributed by atoms with Gasteiger partial charge in [-0.25, -0.2) is 13.2 Å². The lowest BCUT2D eigenvalue weighted by Gasteiger charge is -2.27. The lowest BCUT2D eigenvalue weighted by molar-refractivity contribution is 0.122. The first-order chi connectivity index (χ1) is 16.5. The van der Waals surface area contributed by atoms with Gasteiger partial charge in [0.1, 0.15) is 5.82 Å². The summed E-state index contributed by atoms with van der Waals surface area (Å²) < 4.78 is 49.5. The molecule has 4 rings (SSSR count). The van der Waals surface area contributed by atoms with Crippen LogP contribution in [0.1, 0.15) is 92.4 Å². The Morgan fingerprint density at radius 2 is 1.50 bits per heavy atom. The minimum Gasteiger partial charge on any atom is -0.393 e. The van der Waals surface area contributed by atoms with Gasteiger partial charge in [-0.2, -0.15) is 0 Å². The summed E-state index contributed by atoms with van der Waals surface area (Å²) >= 11 is 0. The summed E-state index contributed by atoms with van der Waals surface area (Å²) in [6.45, 7) is 2.95. The van der Waals surface area contributed by atoms with Crippen LogP contribution in [0.5, 0.6) is 0 Å². The maximum Gasteiger partial charge on any atom is 0.166 e. The third-order valence-electron chi connectivity index (χ3n) is 7.58. The van der Waals surface area contributed by atoms with Gasteiger partial charge in [-0.15, -0.1) is 0 Å². The molecule has 0 aromatic heterocycles. The fraction of sp³-hybridized carbons (Fsp3) is 0.517. The predicted molar refractivity (Wildman–Crippen MR) is 129 cm³/mol. The molecule has 0 radical (unpaired) electrons. The molecule has 2 aromatic carbocycles. The number of benzene rings is 2. The highest BCUT2D eigenvalue weighted by molar-refractivity contribution is 5.52. The second-order valence-electron chi connectivity index (χ2n) is 9.84. The summed E-state index contributed by atoms with van der Waals surface area (Å²) in [5, 5.41) is 9.67. The average molecular weight is 473 g/mol. The van der Waals surface area contributed by atoms with Gasteiger partial charge in [-0.05, 0) is 98.8 Å². The van der Waals surface area contributed by atoms with Crippen LogP contribution in [-0.4, -0.2) is 17.8 Å². The Labute approximate surface area is 200 Å². The Bertz CT molecular complexity index is 987. The van der Waals surface area contributed by atoms with Gasteiger partial charge in [-0.1, -0.05) is 36.4 Å². The van der Waals surface area contributed by atoms with Crippen molar-refractivity contribution in [3.8, 4) is 0 Å². The van der Waals surface area contributed by atoms with Crippen molar-refractivity contribution in [2.45, 2.75) is 82.8 Å². The van der Waals surface area contributed by atoms with Gasteiger partial charge in [0.25, 0.3) is 0 Å². The molecule has 0 spiro atoms. The normalized spacial score (nSPS) is 25.7. The van der Waals surface area contributed by atoms with Crippen LogP contribution in [0.3, 0.4) is 0 Å². The second kappa shape index (κ2) is 11.5. The van der Waals surface area contributed by atoms with E-state index in [1.54, 1.807) is 24.3 Å². The Balaban J connectivity index is 1.35. The van der Waals surface area contributed by atoms with E-state index in [2.05, 4.69) is 0 Å². The van der Waals surface area contributed by atoms with Crippen molar-refractivity contribution in [1.29, 1.82) is 0 Å². The standard InChI is InChI=1S/C29H35F3O2/c1-2-34-18-20-6-15-25(27(30)17-20)21-7-3-19(4-8-21)5-9-23-12-16-26(29(32)28(23)31)22-10-13-24(33)14-11-22/h5-6,9,12,15-17,19,21-22,24,33H,2-4,7-8,10-11,13-14,18H2,1H3/b9-5+. The van der Waals surface area contributed by atoms with Crippen molar-refractivity contribution in [3.05, 3.63) is 76.1 Å². The van der Waals surface area contributed by atoms with Crippen molar-refractivity contribution in [2.24, 2.45) is 5.92 Å². The van der Waals surface area contributed by atoms with Gasteiger partial charge in [0, 0.05) is 12.2 Å². The molecule has 2 saturated carbocycles. The number of rotatable bonds is 7. The summed E-state index contributed by atoms with van der Waals surface area (Å²) in [4.78, 5) is 0. The van der Waals surface area contributed by atoms with Gasteiger partial charge in [0.15, 0.2) is 11.6 Å². The Kier molecular flexibility index (Phi) is 8.49. The quantitative estimate of drug-likeness (QED) is 0.449. The zero-order valence-corrected chi connectivity index (χ0v) is 19.9.